The van der Waals surface area contributed by atoms with Gasteiger partial charge in [-0.1, -0.05) is 6.92 Å². The lowest BCUT2D eigenvalue weighted by Crippen LogP contribution is -2.39. The molecule has 0 spiro atoms. The molecule has 2 atom stereocenters. The lowest BCUT2D eigenvalue weighted by molar-refractivity contribution is -0.0504. The summed E-state index contributed by atoms with van der Waals surface area (Å²) < 4.78 is 34.7. The van der Waals surface area contributed by atoms with Gasteiger partial charge in [-0.2, -0.15) is 8.78 Å². The number of alkyl halides is 2. The number of methoxy groups -OCH3 is 1. The molecule has 24 heavy (non-hydrogen) atoms. The SMILES string of the molecule is CCNC(=NCc1cc(OC)ccc1OC(F)F)NC1CC1C.I. The largest absolute Gasteiger partial charge is 0.497 e. The highest BCUT2D eigenvalue weighted by Gasteiger charge is 2.33. The summed E-state index contributed by atoms with van der Waals surface area (Å²) in [7, 11) is 1.52. The van der Waals surface area contributed by atoms with Crippen molar-refractivity contribution in [1.82, 2.24) is 10.6 Å². The number of nitrogens with one attached hydrogen (secondary N) is 2. The number of benzene rings is 1. The predicted molar refractivity (Wildman–Crippen MR) is 101 cm³/mol. The summed E-state index contributed by atoms with van der Waals surface area (Å²) in [6, 6.07) is 5.14. The third kappa shape index (κ3) is 6.29. The van der Waals surface area contributed by atoms with Gasteiger partial charge < -0.3 is 20.1 Å². The zero-order valence-electron chi connectivity index (χ0n) is 14.0. The lowest BCUT2D eigenvalue weighted by atomic mass is 10.2. The topological polar surface area (TPSA) is 54.9 Å². The molecule has 1 aliphatic rings. The highest BCUT2D eigenvalue weighted by Crippen LogP contribution is 2.29. The maximum absolute atomic E-state index is 12.5. The van der Waals surface area contributed by atoms with Gasteiger partial charge in [-0.15, -0.1) is 24.0 Å². The van der Waals surface area contributed by atoms with E-state index < -0.39 is 6.61 Å². The number of aliphatic imine (C=N–C) groups is 1. The molecule has 2 rings (SSSR count). The maximum Gasteiger partial charge on any atom is 0.387 e. The van der Waals surface area contributed by atoms with Crippen molar-refractivity contribution in [3.05, 3.63) is 23.8 Å². The Morgan fingerprint density at radius 1 is 1.42 bits per heavy atom. The standard InChI is InChI=1S/C16H23F2N3O2.HI/c1-4-19-16(21-13-7-10(13)2)20-9-11-8-12(22-3)5-6-14(11)23-15(17)18;/h5-6,8,10,13,15H,4,7,9H2,1-3H3,(H2,19,20,21);1H. The van der Waals surface area contributed by atoms with E-state index in [2.05, 4.69) is 27.3 Å². The van der Waals surface area contributed by atoms with Crippen molar-refractivity contribution in [3.8, 4) is 11.5 Å². The Bertz CT molecular complexity index is 558. The van der Waals surface area contributed by atoms with E-state index in [9.17, 15) is 8.78 Å². The average Bonchev–Trinajstić information content (AvgIpc) is 3.20. The van der Waals surface area contributed by atoms with E-state index in [1.165, 1.54) is 13.2 Å². The highest BCUT2D eigenvalue weighted by atomic mass is 127. The second-order valence-corrected chi connectivity index (χ2v) is 5.51. The smallest absolute Gasteiger partial charge is 0.387 e. The molecule has 0 aliphatic heterocycles. The number of ether oxygens (including phenoxy) is 2. The Kier molecular flexibility index (Phi) is 8.51. The van der Waals surface area contributed by atoms with Crippen molar-refractivity contribution in [2.75, 3.05) is 13.7 Å². The molecule has 1 aliphatic carbocycles. The third-order valence-electron chi connectivity index (χ3n) is 3.67. The van der Waals surface area contributed by atoms with E-state index in [1.807, 2.05) is 6.92 Å². The minimum absolute atomic E-state index is 0. The molecule has 2 unspecified atom stereocenters. The van der Waals surface area contributed by atoms with Gasteiger partial charge >= 0.3 is 6.61 Å². The molecule has 0 heterocycles. The van der Waals surface area contributed by atoms with Crippen molar-refractivity contribution in [3.63, 3.8) is 0 Å². The third-order valence-corrected chi connectivity index (χ3v) is 3.67. The van der Waals surface area contributed by atoms with Crippen LogP contribution in [0.15, 0.2) is 23.2 Å². The summed E-state index contributed by atoms with van der Waals surface area (Å²) in [5, 5.41) is 6.47. The van der Waals surface area contributed by atoms with Crippen LogP contribution in [0, 0.1) is 5.92 Å². The quantitative estimate of drug-likeness (QED) is 0.376. The zero-order chi connectivity index (χ0) is 16.8. The van der Waals surface area contributed by atoms with Crippen LogP contribution in [-0.2, 0) is 6.54 Å². The molecule has 136 valence electrons. The first-order valence-corrected chi connectivity index (χ1v) is 7.70. The Balaban J connectivity index is 0.00000288. The second-order valence-electron chi connectivity index (χ2n) is 5.51. The first-order valence-electron chi connectivity index (χ1n) is 7.70. The van der Waals surface area contributed by atoms with Gasteiger partial charge in [-0.3, -0.25) is 0 Å². The first-order chi connectivity index (χ1) is 11.0. The van der Waals surface area contributed by atoms with E-state index in [0.717, 1.165) is 13.0 Å². The van der Waals surface area contributed by atoms with E-state index in [0.29, 0.717) is 29.2 Å². The van der Waals surface area contributed by atoms with E-state index >= 15 is 0 Å². The second kappa shape index (κ2) is 9.85. The summed E-state index contributed by atoms with van der Waals surface area (Å²) in [5.74, 6) is 1.99. The van der Waals surface area contributed by atoms with Crippen LogP contribution in [0.1, 0.15) is 25.8 Å². The number of hydrogen-bond donors (Lipinski definition) is 2. The zero-order valence-corrected chi connectivity index (χ0v) is 16.3. The molecular formula is C16H24F2IN3O2. The molecule has 0 aromatic heterocycles. The molecule has 2 N–H and O–H groups in total. The molecule has 1 saturated carbocycles. The summed E-state index contributed by atoms with van der Waals surface area (Å²) >= 11 is 0. The van der Waals surface area contributed by atoms with Gasteiger partial charge in [0.2, 0.25) is 0 Å². The van der Waals surface area contributed by atoms with Gasteiger partial charge in [0.05, 0.1) is 13.7 Å². The monoisotopic (exact) mass is 455 g/mol. The van der Waals surface area contributed by atoms with Crippen LogP contribution in [0.3, 0.4) is 0 Å². The number of hydrogen-bond acceptors (Lipinski definition) is 3. The van der Waals surface area contributed by atoms with Gasteiger partial charge in [0.15, 0.2) is 5.96 Å². The molecule has 5 nitrogen and oxygen atoms in total. The van der Waals surface area contributed by atoms with Crippen molar-refractivity contribution in [2.45, 2.75) is 39.5 Å². The molecule has 0 radical (unpaired) electrons. The minimum Gasteiger partial charge on any atom is -0.497 e. The Hall–Kier alpha value is -1.32. The molecule has 8 heteroatoms. The fourth-order valence-electron chi connectivity index (χ4n) is 2.20. The molecule has 0 saturated heterocycles. The number of guanidine groups is 1. The van der Waals surface area contributed by atoms with Gasteiger partial charge in [-0.25, -0.2) is 4.99 Å². The molecule has 1 fully saturated rings. The molecule has 1 aromatic carbocycles. The molecular weight excluding hydrogens is 431 g/mol. The fraction of sp³-hybridized carbons (Fsp3) is 0.562. The van der Waals surface area contributed by atoms with Crippen LogP contribution in [0.2, 0.25) is 0 Å². The van der Waals surface area contributed by atoms with E-state index in [4.69, 9.17) is 4.74 Å². The molecule has 0 amide bonds. The van der Waals surface area contributed by atoms with Gasteiger partial charge in [0, 0.05) is 18.2 Å². The fourth-order valence-corrected chi connectivity index (χ4v) is 2.20. The van der Waals surface area contributed by atoms with Crippen molar-refractivity contribution in [1.29, 1.82) is 0 Å². The maximum atomic E-state index is 12.5. The van der Waals surface area contributed by atoms with Gasteiger partial charge in [-0.05, 0) is 37.5 Å². The van der Waals surface area contributed by atoms with E-state index in [-0.39, 0.29) is 36.3 Å². The summed E-state index contributed by atoms with van der Waals surface area (Å²) in [6.07, 6.45) is 1.11. The first kappa shape index (κ1) is 20.7. The van der Waals surface area contributed by atoms with E-state index in [1.54, 1.807) is 12.1 Å². The highest BCUT2D eigenvalue weighted by molar-refractivity contribution is 14.0. The van der Waals surface area contributed by atoms with Gasteiger partial charge in [0.25, 0.3) is 0 Å². The van der Waals surface area contributed by atoms with Crippen LogP contribution >= 0.6 is 24.0 Å². The molecule has 0 bridgehead atoms. The number of halogens is 3. The van der Waals surface area contributed by atoms with Crippen molar-refractivity contribution >= 4 is 29.9 Å². The Labute approximate surface area is 158 Å². The normalized spacial score (nSPS) is 19.5. The number of nitrogens with zero attached hydrogens (tertiary/aromatic N) is 1. The van der Waals surface area contributed by atoms with Crippen LogP contribution < -0.4 is 20.1 Å². The molecule has 1 aromatic rings. The lowest BCUT2D eigenvalue weighted by Gasteiger charge is -2.13. The van der Waals surface area contributed by atoms with Crippen molar-refractivity contribution in [2.24, 2.45) is 10.9 Å². The van der Waals surface area contributed by atoms with Crippen LogP contribution in [0.4, 0.5) is 8.78 Å². The number of rotatable bonds is 7. The Morgan fingerprint density at radius 3 is 2.67 bits per heavy atom. The Morgan fingerprint density at radius 2 is 2.12 bits per heavy atom. The van der Waals surface area contributed by atoms with Crippen LogP contribution in [-0.4, -0.2) is 32.3 Å². The van der Waals surface area contributed by atoms with Crippen LogP contribution in [0.25, 0.3) is 0 Å². The van der Waals surface area contributed by atoms with Crippen LogP contribution in [0.5, 0.6) is 11.5 Å². The average molecular weight is 455 g/mol. The summed E-state index contributed by atoms with van der Waals surface area (Å²) in [6.45, 7) is 2.22. The minimum atomic E-state index is -2.87. The summed E-state index contributed by atoms with van der Waals surface area (Å²) in [4.78, 5) is 4.46. The van der Waals surface area contributed by atoms with Crippen molar-refractivity contribution < 1.29 is 18.3 Å². The predicted octanol–water partition coefficient (Wildman–Crippen LogP) is 3.38. The summed E-state index contributed by atoms with van der Waals surface area (Å²) in [5.41, 5.74) is 0.547. The van der Waals surface area contributed by atoms with Gasteiger partial charge in [0.1, 0.15) is 11.5 Å².